The van der Waals surface area contributed by atoms with Gasteiger partial charge in [-0.2, -0.15) is 4.98 Å². The van der Waals surface area contributed by atoms with Gasteiger partial charge in [0.05, 0.1) is 26.0 Å². The molecule has 27 heavy (non-hydrogen) atoms. The Balaban J connectivity index is 1.77. The van der Waals surface area contributed by atoms with Crippen LogP contribution in [-0.4, -0.2) is 62.9 Å². The molecule has 8 heteroatoms. The van der Waals surface area contributed by atoms with E-state index in [9.17, 15) is 4.79 Å². The zero-order valence-electron chi connectivity index (χ0n) is 15.9. The summed E-state index contributed by atoms with van der Waals surface area (Å²) in [6.45, 7) is 5.35. The fourth-order valence-electron chi connectivity index (χ4n) is 2.77. The summed E-state index contributed by atoms with van der Waals surface area (Å²) in [5, 5.41) is 2.90. The number of carbonyl (C=O) groups excluding carboxylic acids is 1. The van der Waals surface area contributed by atoms with Crippen LogP contribution in [0.4, 0.5) is 17.5 Å². The SMILES string of the molecule is CCOc1ccc(C(=O)Nc2cnc(N3CCOCC3)nc2N(C)C)cc1. The normalized spacial score (nSPS) is 14.0. The Bertz CT molecular complexity index is 773. The van der Waals surface area contributed by atoms with Crippen LogP contribution in [0.1, 0.15) is 17.3 Å². The predicted molar refractivity (Wildman–Crippen MR) is 105 cm³/mol. The van der Waals surface area contributed by atoms with Crippen LogP contribution in [0.5, 0.6) is 5.75 Å². The Morgan fingerprint density at radius 3 is 2.59 bits per heavy atom. The molecule has 2 aromatic rings. The van der Waals surface area contributed by atoms with Crippen LogP contribution in [0.15, 0.2) is 30.5 Å². The van der Waals surface area contributed by atoms with Crippen molar-refractivity contribution in [3.63, 3.8) is 0 Å². The quantitative estimate of drug-likeness (QED) is 0.832. The summed E-state index contributed by atoms with van der Waals surface area (Å²) in [4.78, 5) is 25.6. The molecule has 1 fully saturated rings. The third-order valence-electron chi connectivity index (χ3n) is 4.15. The number of ether oxygens (including phenoxy) is 2. The molecule has 0 saturated carbocycles. The number of hydrogen-bond donors (Lipinski definition) is 1. The highest BCUT2D eigenvalue weighted by molar-refractivity contribution is 6.05. The van der Waals surface area contributed by atoms with Crippen molar-refractivity contribution >= 4 is 23.4 Å². The second-order valence-electron chi connectivity index (χ2n) is 6.31. The fourth-order valence-corrected chi connectivity index (χ4v) is 2.77. The van der Waals surface area contributed by atoms with E-state index in [0.29, 0.717) is 42.8 Å². The lowest BCUT2D eigenvalue weighted by Gasteiger charge is -2.28. The molecular weight excluding hydrogens is 346 g/mol. The van der Waals surface area contributed by atoms with Gasteiger partial charge in [0.25, 0.3) is 5.91 Å². The van der Waals surface area contributed by atoms with Crippen molar-refractivity contribution in [3.8, 4) is 5.75 Å². The van der Waals surface area contributed by atoms with Crippen molar-refractivity contribution in [2.75, 3.05) is 62.1 Å². The minimum absolute atomic E-state index is 0.219. The molecule has 1 amide bonds. The topological polar surface area (TPSA) is 79.8 Å². The van der Waals surface area contributed by atoms with Gasteiger partial charge < -0.3 is 24.6 Å². The second kappa shape index (κ2) is 8.68. The lowest BCUT2D eigenvalue weighted by atomic mass is 10.2. The van der Waals surface area contributed by atoms with E-state index in [2.05, 4.69) is 20.2 Å². The van der Waals surface area contributed by atoms with E-state index in [0.717, 1.165) is 18.8 Å². The Morgan fingerprint density at radius 2 is 1.96 bits per heavy atom. The fraction of sp³-hybridized carbons (Fsp3) is 0.421. The van der Waals surface area contributed by atoms with E-state index in [1.807, 2.05) is 25.9 Å². The third kappa shape index (κ3) is 4.65. The Hall–Kier alpha value is -2.87. The highest BCUT2D eigenvalue weighted by Gasteiger charge is 2.18. The van der Waals surface area contributed by atoms with Crippen LogP contribution in [0.2, 0.25) is 0 Å². The number of amides is 1. The lowest BCUT2D eigenvalue weighted by molar-refractivity contribution is 0.102. The molecule has 0 unspecified atom stereocenters. The van der Waals surface area contributed by atoms with Gasteiger partial charge in [0.15, 0.2) is 5.82 Å². The molecule has 0 bridgehead atoms. The van der Waals surface area contributed by atoms with E-state index < -0.39 is 0 Å². The molecule has 0 spiro atoms. The molecule has 0 radical (unpaired) electrons. The molecule has 144 valence electrons. The number of rotatable bonds is 6. The van der Waals surface area contributed by atoms with Crippen LogP contribution in [0, 0.1) is 0 Å². The molecule has 1 aromatic carbocycles. The van der Waals surface area contributed by atoms with Crippen molar-refractivity contribution in [2.24, 2.45) is 0 Å². The summed E-state index contributed by atoms with van der Waals surface area (Å²) >= 11 is 0. The smallest absolute Gasteiger partial charge is 0.255 e. The zero-order chi connectivity index (χ0) is 19.2. The summed E-state index contributed by atoms with van der Waals surface area (Å²) in [5.41, 5.74) is 1.11. The minimum atomic E-state index is -0.219. The van der Waals surface area contributed by atoms with Gasteiger partial charge in [-0.25, -0.2) is 4.98 Å². The molecule has 1 N–H and O–H groups in total. The number of carbonyl (C=O) groups is 1. The molecule has 1 aliphatic rings. The van der Waals surface area contributed by atoms with Crippen LogP contribution >= 0.6 is 0 Å². The van der Waals surface area contributed by atoms with E-state index >= 15 is 0 Å². The van der Waals surface area contributed by atoms with Gasteiger partial charge in [-0.3, -0.25) is 4.79 Å². The third-order valence-corrected chi connectivity index (χ3v) is 4.15. The number of aromatic nitrogens is 2. The van der Waals surface area contributed by atoms with E-state index in [4.69, 9.17) is 9.47 Å². The standard InChI is InChI=1S/C19H25N5O3/c1-4-27-15-7-5-14(6-8-15)18(25)21-16-13-20-19(22-17(16)23(2)3)24-9-11-26-12-10-24/h5-8,13H,4,9-12H2,1-3H3,(H,21,25). The van der Waals surface area contributed by atoms with Crippen LogP contribution in [0.25, 0.3) is 0 Å². The van der Waals surface area contributed by atoms with Gasteiger partial charge in [0.1, 0.15) is 11.4 Å². The van der Waals surface area contributed by atoms with Gasteiger partial charge in [0.2, 0.25) is 5.95 Å². The first-order chi connectivity index (χ1) is 13.1. The number of morpholine rings is 1. The maximum Gasteiger partial charge on any atom is 0.255 e. The number of nitrogens with zero attached hydrogens (tertiary/aromatic N) is 4. The highest BCUT2D eigenvalue weighted by Crippen LogP contribution is 2.25. The molecule has 1 saturated heterocycles. The Labute approximate surface area is 159 Å². The van der Waals surface area contributed by atoms with Crippen molar-refractivity contribution in [1.82, 2.24) is 9.97 Å². The van der Waals surface area contributed by atoms with Crippen molar-refractivity contribution in [1.29, 1.82) is 0 Å². The zero-order valence-corrected chi connectivity index (χ0v) is 15.9. The van der Waals surface area contributed by atoms with Gasteiger partial charge in [0, 0.05) is 32.7 Å². The average molecular weight is 371 g/mol. The molecule has 0 aliphatic carbocycles. The number of anilines is 3. The summed E-state index contributed by atoms with van der Waals surface area (Å²) in [7, 11) is 3.77. The van der Waals surface area contributed by atoms with E-state index in [1.54, 1.807) is 30.5 Å². The van der Waals surface area contributed by atoms with E-state index in [1.165, 1.54) is 0 Å². The molecule has 1 aromatic heterocycles. The maximum atomic E-state index is 12.6. The lowest BCUT2D eigenvalue weighted by Crippen LogP contribution is -2.37. The van der Waals surface area contributed by atoms with E-state index in [-0.39, 0.29) is 5.91 Å². The number of nitrogens with one attached hydrogen (secondary N) is 1. The molecule has 8 nitrogen and oxygen atoms in total. The summed E-state index contributed by atoms with van der Waals surface area (Å²) in [5.74, 6) is 1.82. The summed E-state index contributed by atoms with van der Waals surface area (Å²) in [6, 6.07) is 7.03. The summed E-state index contributed by atoms with van der Waals surface area (Å²) < 4.78 is 10.8. The van der Waals surface area contributed by atoms with Gasteiger partial charge >= 0.3 is 0 Å². The Kier molecular flexibility index (Phi) is 6.08. The average Bonchev–Trinajstić information content (AvgIpc) is 2.69. The minimum Gasteiger partial charge on any atom is -0.494 e. The Morgan fingerprint density at radius 1 is 1.26 bits per heavy atom. The molecular formula is C19H25N5O3. The first-order valence-corrected chi connectivity index (χ1v) is 8.99. The molecule has 1 aliphatic heterocycles. The van der Waals surface area contributed by atoms with Gasteiger partial charge in [-0.1, -0.05) is 0 Å². The predicted octanol–water partition coefficient (Wildman–Crippen LogP) is 2.03. The maximum absolute atomic E-state index is 12.6. The molecule has 0 atom stereocenters. The van der Waals surface area contributed by atoms with Crippen molar-refractivity contribution < 1.29 is 14.3 Å². The summed E-state index contributed by atoms with van der Waals surface area (Å²) in [6.07, 6.45) is 1.65. The second-order valence-corrected chi connectivity index (χ2v) is 6.31. The number of hydrogen-bond acceptors (Lipinski definition) is 7. The number of benzene rings is 1. The van der Waals surface area contributed by atoms with Gasteiger partial charge in [-0.15, -0.1) is 0 Å². The first kappa shape index (κ1) is 18.9. The monoisotopic (exact) mass is 371 g/mol. The highest BCUT2D eigenvalue weighted by atomic mass is 16.5. The van der Waals surface area contributed by atoms with Crippen LogP contribution in [0.3, 0.4) is 0 Å². The van der Waals surface area contributed by atoms with Crippen molar-refractivity contribution in [3.05, 3.63) is 36.0 Å². The molecule has 2 heterocycles. The van der Waals surface area contributed by atoms with Crippen LogP contribution < -0.4 is 19.9 Å². The first-order valence-electron chi connectivity index (χ1n) is 8.99. The molecule has 3 rings (SSSR count). The van der Waals surface area contributed by atoms with Crippen molar-refractivity contribution in [2.45, 2.75) is 6.92 Å². The van der Waals surface area contributed by atoms with Gasteiger partial charge in [-0.05, 0) is 31.2 Å². The largest absolute Gasteiger partial charge is 0.494 e. The van der Waals surface area contributed by atoms with Crippen LogP contribution in [-0.2, 0) is 4.74 Å².